The van der Waals surface area contributed by atoms with Gasteiger partial charge in [0, 0.05) is 68.2 Å². The van der Waals surface area contributed by atoms with Gasteiger partial charge in [-0.05, 0) is 25.5 Å². The zero-order valence-corrected chi connectivity index (χ0v) is 15.5. The molecule has 3 rings (SSSR count). The second kappa shape index (κ2) is 8.58. The van der Waals surface area contributed by atoms with E-state index in [-0.39, 0.29) is 0 Å². The van der Waals surface area contributed by atoms with E-state index in [9.17, 15) is 0 Å². The van der Waals surface area contributed by atoms with Crippen molar-refractivity contribution in [1.29, 1.82) is 0 Å². The summed E-state index contributed by atoms with van der Waals surface area (Å²) in [5.41, 5.74) is 0. The molecule has 2 aliphatic rings. The molecule has 0 N–H and O–H groups in total. The molecule has 2 saturated heterocycles. The van der Waals surface area contributed by atoms with E-state index >= 15 is 0 Å². The molecule has 5 heteroatoms. The third kappa shape index (κ3) is 5.00. The van der Waals surface area contributed by atoms with Crippen LogP contribution in [0.5, 0.6) is 0 Å². The minimum Gasteiger partial charge on any atom is -0.379 e. The Morgan fingerprint density at radius 3 is 2.35 bits per heavy atom. The zero-order chi connectivity index (χ0) is 16.1. The van der Waals surface area contributed by atoms with Crippen molar-refractivity contribution >= 4 is 11.3 Å². The maximum absolute atomic E-state index is 5.45. The first kappa shape index (κ1) is 17.4. The molecule has 23 heavy (non-hydrogen) atoms. The van der Waals surface area contributed by atoms with Gasteiger partial charge in [-0.15, -0.1) is 11.3 Å². The maximum atomic E-state index is 5.45. The van der Waals surface area contributed by atoms with E-state index in [4.69, 9.17) is 4.74 Å². The topological polar surface area (TPSA) is 19.0 Å². The molecule has 0 unspecified atom stereocenters. The van der Waals surface area contributed by atoms with Crippen molar-refractivity contribution in [2.24, 2.45) is 0 Å². The lowest BCUT2D eigenvalue weighted by Gasteiger charge is -2.40. The number of hydrogen-bond donors (Lipinski definition) is 0. The van der Waals surface area contributed by atoms with E-state index in [0.717, 1.165) is 39.3 Å². The molecule has 3 heterocycles. The third-order valence-electron chi connectivity index (χ3n) is 5.10. The van der Waals surface area contributed by atoms with Crippen LogP contribution in [0.4, 0.5) is 0 Å². The van der Waals surface area contributed by atoms with Gasteiger partial charge in [0.1, 0.15) is 0 Å². The summed E-state index contributed by atoms with van der Waals surface area (Å²) in [6.07, 6.45) is 1.16. The van der Waals surface area contributed by atoms with Gasteiger partial charge in [0.15, 0.2) is 0 Å². The molecule has 0 saturated carbocycles. The summed E-state index contributed by atoms with van der Waals surface area (Å²) >= 11 is 1.98. The summed E-state index contributed by atoms with van der Waals surface area (Å²) in [6.45, 7) is 15.8. The smallest absolute Gasteiger partial charge is 0.0594 e. The van der Waals surface area contributed by atoms with Gasteiger partial charge in [-0.3, -0.25) is 14.7 Å². The Morgan fingerprint density at radius 2 is 1.70 bits per heavy atom. The largest absolute Gasteiger partial charge is 0.379 e. The highest BCUT2D eigenvalue weighted by Gasteiger charge is 2.23. The quantitative estimate of drug-likeness (QED) is 0.792. The fraction of sp³-hybridized carbons (Fsp3) is 0.778. The van der Waals surface area contributed by atoms with Gasteiger partial charge in [-0.2, -0.15) is 0 Å². The van der Waals surface area contributed by atoms with Gasteiger partial charge >= 0.3 is 0 Å². The van der Waals surface area contributed by atoms with Crippen LogP contribution in [0.1, 0.15) is 23.6 Å². The third-order valence-corrected chi connectivity index (χ3v) is 6.32. The standard InChI is InChI=1S/C18H31N3OS/c1-3-17-4-5-18(23-17)15-19-6-8-21(9-7-19)16(2)14-20-10-12-22-13-11-20/h4-5,16H,3,6-15H2,1-2H3/t16-/m1/s1. The normalized spacial score (nSPS) is 23.2. The van der Waals surface area contributed by atoms with Gasteiger partial charge in [0.2, 0.25) is 0 Å². The summed E-state index contributed by atoms with van der Waals surface area (Å²) < 4.78 is 5.45. The minimum atomic E-state index is 0.656. The van der Waals surface area contributed by atoms with Gasteiger partial charge in [0.05, 0.1) is 13.2 Å². The second-order valence-corrected chi connectivity index (χ2v) is 8.05. The monoisotopic (exact) mass is 337 g/mol. The van der Waals surface area contributed by atoms with E-state index in [1.807, 2.05) is 11.3 Å². The average molecular weight is 338 g/mol. The molecule has 0 spiro atoms. The predicted octanol–water partition coefficient (Wildman–Crippen LogP) is 2.15. The van der Waals surface area contributed by atoms with Crippen LogP contribution in [0.3, 0.4) is 0 Å². The fourth-order valence-corrected chi connectivity index (χ4v) is 4.55. The van der Waals surface area contributed by atoms with Crippen LogP contribution in [-0.2, 0) is 17.7 Å². The van der Waals surface area contributed by atoms with Crippen molar-refractivity contribution < 1.29 is 4.74 Å². The van der Waals surface area contributed by atoms with E-state index in [0.29, 0.717) is 6.04 Å². The molecule has 0 amide bonds. The Kier molecular flexibility index (Phi) is 6.48. The van der Waals surface area contributed by atoms with Crippen molar-refractivity contribution in [3.05, 3.63) is 21.9 Å². The number of hydrogen-bond acceptors (Lipinski definition) is 5. The minimum absolute atomic E-state index is 0.656. The molecule has 1 aromatic rings. The molecule has 0 radical (unpaired) electrons. The predicted molar refractivity (Wildman–Crippen MR) is 97.3 cm³/mol. The molecule has 1 atom stereocenters. The van der Waals surface area contributed by atoms with Crippen molar-refractivity contribution in [3.8, 4) is 0 Å². The highest BCUT2D eigenvalue weighted by molar-refractivity contribution is 7.11. The van der Waals surface area contributed by atoms with Gasteiger partial charge in [0.25, 0.3) is 0 Å². The summed E-state index contributed by atoms with van der Waals surface area (Å²) in [4.78, 5) is 10.9. The second-order valence-electron chi connectivity index (χ2n) is 6.80. The van der Waals surface area contributed by atoms with E-state index in [2.05, 4.69) is 40.7 Å². The molecular formula is C18H31N3OS. The molecular weight excluding hydrogens is 306 g/mol. The first-order valence-corrected chi connectivity index (χ1v) is 9.90. The maximum Gasteiger partial charge on any atom is 0.0594 e. The molecule has 0 bridgehead atoms. The Morgan fingerprint density at radius 1 is 1.00 bits per heavy atom. The Hall–Kier alpha value is -0.460. The number of piperazine rings is 1. The molecule has 130 valence electrons. The number of rotatable bonds is 6. The van der Waals surface area contributed by atoms with Gasteiger partial charge in [-0.25, -0.2) is 0 Å². The Balaban J connectivity index is 1.40. The summed E-state index contributed by atoms with van der Waals surface area (Å²) in [5, 5.41) is 0. The molecule has 0 aliphatic carbocycles. The van der Waals surface area contributed by atoms with Crippen LogP contribution in [0.2, 0.25) is 0 Å². The lowest BCUT2D eigenvalue weighted by atomic mass is 10.2. The first-order chi connectivity index (χ1) is 11.2. The highest BCUT2D eigenvalue weighted by Crippen LogP contribution is 2.20. The number of ether oxygens (including phenoxy) is 1. The number of morpholine rings is 1. The lowest BCUT2D eigenvalue weighted by molar-refractivity contribution is 0.0172. The van der Waals surface area contributed by atoms with Crippen LogP contribution in [0, 0.1) is 0 Å². The average Bonchev–Trinajstić information content (AvgIpc) is 3.04. The van der Waals surface area contributed by atoms with E-state index < -0.39 is 0 Å². The summed E-state index contributed by atoms with van der Waals surface area (Å²) in [6, 6.07) is 5.26. The number of nitrogens with zero attached hydrogens (tertiary/aromatic N) is 3. The van der Waals surface area contributed by atoms with Gasteiger partial charge in [-0.1, -0.05) is 6.92 Å². The Labute approximate surface area is 145 Å². The van der Waals surface area contributed by atoms with Crippen molar-refractivity contribution in [2.45, 2.75) is 32.9 Å². The number of aryl methyl sites for hydroxylation is 1. The summed E-state index contributed by atoms with van der Waals surface area (Å²) in [5.74, 6) is 0. The van der Waals surface area contributed by atoms with Crippen molar-refractivity contribution in [3.63, 3.8) is 0 Å². The molecule has 0 aromatic carbocycles. The summed E-state index contributed by atoms with van der Waals surface area (Å²) in [7, 11) is 0. The van der Waals surface area contributed by atoms with Gasteiger partial charge < -0.3 is 4.74 Å². The van der Waals surface area contributed by atoms with Crippen LogP contribution < -0.4 is 0 Å². The molecule has 4 nitrogen and oxygen atoms in total. The van der Waals surface area contributed by atoms with Crippen molar-refractivity contribution in [1.82, 2.24) is 14.7 Å². The SMILES string of the molecule is CCc1ccc(CN2CCN([C@H](C)CN3CCOCC3)CC2)s1. The van der Waals surface area contributed by atoms with E-state index in [1.54, 1.807) is 0 Å². The lowest BCUT2D eigenvalue weighted by Crippen LogP contribution is -2.53. The van der Waals surface area contributed by atoms with Crippen molar-refractivity contribution in [2.75, 3.05) is 59.0 Å². The first-order valence-electron chi connectivity index (χ1n) is 9.08. The van der Waals surface area contributed by atoms with E-state index in [1.165, 1.54) is 42.5 Å². The molecule has 1 aromatic heterocycles. The fourth-order valence-electron chi connectivity index (χ4n) is 3.55. The highest BCUT2D eigenvalue weighted by atomic mass is 32.1. The van der Waals surface area contributed by atoms with Crippen LogP contribution in [0.25, 0.3) is 0 Å². The molecule has 2 fully saturated rings. The zero-order valence-electron chi connectivity index (χ0n) is 14.7. The number of thiophene rings is 1. The van der Waals surface area contributed by atoms with Crippen LogP contribution in [0.15, 0.2) is 12.1 Å². The van der Waals surface area contributed by atoms with Crippen LogP contribution >= 0.6 is 11.3 Å². The van der Waals surface area contributed by atoms with Crippen LogP contribution in [-0.4, -0.2) is 79.8 Å². The molecule has 2 aliphatic heterocycles. The Bertz CT molecular complexity index is 465.